The Morgan fingerprint density at radius 2 is 1.55 bits per heavy atom. The Kier molecular flexibility index (Phi) is 5.20. The fourth-order valence-corrected chi connectivity index (χ4v) is 2.96. The molecule has 3 rings (SSSR count). The second-order valence-corrected chi connectivity index (χ2v) is 5.93. The maximum Gasteiger partial charge on any atom is 0.115 e. The van der Waals surface area contributed by atoms with Crippen LogP contribution in [-0.2, 0) is 17.9 Å². The topological polar surface area (TPSA) is 12.5 Å². The molecule has 3 heteroatoms. The molecule has 1 aliphatic rings. The van der Waals surface area contributed by atoms with Crippen LogP contribution in [0, 0.1) is 0 Å². The third-order valence-corrected chi connectivity index (χ3v) is 4.01. The van der Waals surface area contributed by atoms with E-state index in [-0.39, 0.29) is 6.10 Å². The third kappa shape index (κ3) is 4.39. The van der Waals surface area contributed by atoms with Crippen molar-refractivity contribution in [3.63, 3.8) is 0 Å². The molecule has 0 saturated carbocycles. The lowest BCUT2D eigenvalue weighted by molar-refractivity contribution is -0.0370. The highest BCUT2D eigenvalue weighted by Gasteiger charge is 2.27. The molecule has 2 aromatic carbocycles. The predicted octanol–water partition coefficient (Wildman–Crippen LogP) is 3.82. The van der Waals surface area contributed by atoms with Gasteiger partial charge in [-0.15, -0.1) is 0 Å². The first-order valence-electron chi connectivity index (χ1n) is 7.85. The zero-order valence-corrected chi connectivity index (χ0v) is 12.7. The van der Waals surface area contributed by atoms with Gasteiger partial charge in [0.2, 0.25) is 0 Å². The van der Waals surface area contributed by atoms with Crippen molar-refractivity contribution < 1.29 is 9.13 Å². The summed E-state index contributed by atoms with van der Waals surface area (Å²) < 4.78 is 19.9. The number of benzene rings is 2. The largest absolute Gasteiger partial charge is 0.372 e. The molecule has 0 aliphatic carbocycles. The van der Waals surface area contributed by atoms with Crippen molar-refractivity contribution in [1.29, 1.82) is 0 Å². The first kappa shape index (κ1) is 15.2. The zero-order chi connectivity index (χ0) is 15.2. The van der Waals surface area contributed by atoms with Crippen LogP contribution in [0.1, 0.15) is 17.5 Å². The van der Waals surface area contributed by atoms with Crippen molar-refractivity contribution in [1.82, 2.24) is 4.90 Å². The summed E-state index contributed by atoms with van der Waals surface area (Å²) in [6.07, 6.45) is -0.344. The molecular weight excluding hydrogens is 277 g/mol. The summed E-state index contributed by atoms with van der Waals surface area (Å²) in [5, 5.41) is 0. The molecule has 0 bridgehead atoms. The zero-order valence-electron chi connectivity index (χ0n) is 12.7. The van der Waals surface area contributed by atoms with Gasteiger partial charge in [-0.2, -0.15) is 0 Å². The smallest absolute Gasteiger partial charge is 0.115 e. The van der Waals surface area contributed by atoms with E-state index >= 15 is 0 Å². The van der Waals surface area contributed by atoms with Crippen LogP contribution in [0.4, 0.5) is 4.39 Å². The second kappa shape index (κ2) is 7.52. The average molecular weight is 299 g/mol. The van der Waals surface area contributed by atoms with Gasteiger partial charge < -0.3 is 4.74 Å². The van der Waals surface area contributed by atoms with Crippen LogP contribution in [0.15, 0.2) is 60.7 Å². The normalized spacial score (nSPS) is 22.6. The number of hydrogen-bond acceptors (Lipinski definition) is 2. The van der Waals surface area contributed by atoms with Crippen LogP contribution in [0.25, 0.3) is 0 Å². The lowest BCUT2D eigenvalue weighted by Gasteiger charge is -2.34. The summed E-state index contributed by atoms with van der Waals surface area (Å²) >= 11 is 0. The number of piperidine rings is 1. The van der Waals surface area contributed by atoms with Gasteiger partial charge in [0, 0.05) is 26.1 Å². The van der Waals surface area contributed by atoms with Crippen LogP contribution < -0.4 is 0 Å². The maximum absolute atomic E-state index is 14.0. The summed E-state index contributed by atoms with van der Waals surface area (Å²) in [6.45, 7) is 2.63. The van der Waals surface area contributed by atoms with Crippen molar-refractivity contribution in [2.24, 2.45) is 0 Å². The molecule has 1 saturated heterocycles. The van der Waals surface area contributed by atoms with E-state index in [0.29, 0.717) is 19.6 Å². The first-order valence-corrected chi connectivity index (χ1v) is 7.85. The average Bonchev–Trinajstić information content (AvgIpc) is 2.54. The lowest BCUT2D eigenvalue weighted by atomic mass is 10.1. The number of alkyl halides is 1. The Bertz CT molecular complexity index is 560. The van der Waals surface area contributed by atoms with Gasteiger partial charge >= 0.3 is 0 Å². The third-order valence-electron chi connectivity index (χ3n) is 4.01. The number of likely N-dealkylation sites (tertiary alicyclic amines) is 1. The highest BCUT2D eigenvalue weighted by Crippen LogP contribution is 2.19. The highest BCUT2D eigenvalue weighted by atomic mass is 19.1. The van der Waals surface area contributed by atoms with Crippen molar-refractivity contribution in [2.75, 3.05) is 13.1 Å². The molecule has 0 aromatic heterocycles. The van der Waals surface area contributed by atoms with E-state index in [0.717, 1.165) is 18.7 Å². The molecule has 2 aromatic rings. The molecule has 1 fully saturated rings. The van der Waals surface area contributed by atoms with Crippen molar-refractivity contribution in [2.45, 2.75) is 31.8 Å². The number of nitrogens with zero attached hydrogens (tertiary/aromatic N) is 1. The quantitative estimate of drug-likeness (QED) is 0.832. The summed E-state index contributed by atoms with van der Waals surface area (Å²) in [7, 11) is 0. The molecule has 2 nitrogen and oxygen atoms in total. The van der Waals surface area contributed by atoms with Crippen LogP contribution in [0.5, 0.6) is 0 Å². The van der Waals surface area contributed by atoms with Gasteiger partial charge in [0.25, 0.3) is 0 Å². The Labute approximate surface area is 131 Å². The maximum atomic E-state index is 14.0. The molecule has 1 heterocycles. The molecular formula is C19H22FNO. The van der Waals surface area contributed by atoms with Crippen LogP contribution in [0.3, 0.4) is 0 Å². The molecule has 0 unspecified atom stereocenters. The molecule has 0 N–H and O–H groups in total. The van der Waals surface area contributed by atoms with Gasteiger partial charge in [0.1, 0.15) is 6.17 Å². The first-order chi connectivity index (χ1) is 10.8. The van der Waals surface area contributed by atoms with Gasteiger partial charge in [0.05, 0.1) is 12.7 Å². The van der Waals surface area contributed by atoms with Gasteiger partial charge in [-0.3, -0.25) is 4.90 Å². The number of ether oxygens (including phenoxy) is 1. The summed E-state index contributed by atoms with van der Waals surface area (Å²) in [5.74, 6) is 0. The van der Waals surface area contributed by atoms with Crippen LogP contribution in [0.2, 0.25) is 0 Å². The molecule has 2 atom stereocenters. The summed E-state index contributed by atoms with van der Waals surface area (Å²) in [4.78, 5) is 2.15. The fraction of sp³-hybridized carbons (Fsp3) is 0.368. The van der Waals surface area contributed by atoms with Crippen molar-refractivity contribution in [3.8, 4) is 0 Å². The number of rotatable bonds is 5. The molecule has 1 aliphatic heterocycles. The molecule has 0 radical (unpaired) electrons. The second-order valence-electron chi connectivity index (χ2n) is 5.93. The van der Waals surface area contributed by atoms with Gasteiger partial charge in [-0.25, -0.2) is 4.39 Å². The highest BCUT2D eigenvalue weighted by molar-refractivity contribution is 5.15. The Balaban J connectivity index is 1.54. The molecule has 0 amide bonds. The standard InChI is InChI=1S/C19H22FNO/c20-18-11-19(22-15-17-9-5-2-6-10-17)14-21(13-18)12-16-7-3-1-4-8-16/h1-10,18-19H,11-15H2/t18-,19-/m1/s1. The number of halogens is 1. The minimum Gasteiger partial charge on any atom is -0.372 e. The lowest BCUT2D eigenvalue weighted by Crippen LogP contribution is -2.44. The van der Waals surface area contributed by atoms with Crippen LogP contribution >= 0.6 is 0 Å². The SMILES string of the molecule is F[C@@H]1C[C@@H](OCc2ccccc2)CN(Cc2ccccc2)C1. The van der Waals surface area contributed by atoms with E-state index in [1.165, 1.54) is 5.56 Å². The van der Waals surface area contributed by atoms with E-state index in [1.807, 2.05) is 48.5 Å². The van der Waals surface area contributed by atoms with E-state index in [9.17, 15) is 4.39 Å². The molecule has 116 valence electrons. The molecule has 22 heavy (non-hydrogen) atoms. The Morgan fingerprint density at radius 1 is 0.909 bits per heavy atom. The van der Waals surface area contributed by atoms with Gasteiger partial charge in [-0.1, -0.05) is 60.7 Å². The fourth-order valence-electron chi connectivity index (χ4n) is 2.96. The summed E-state index contributed by atoms with van der Waals surface area (Å²) in [5.41, 5.74) is 2.36. The van der Waals surface area contributed by atoms with E-state index < -0.39 is 6.17 Å². The van der Waals surface area contributed by atoms with E-state index in [4.69, 9.17) is 4.74 Å². The van der Waals surface area contributed by atoms with Gasteiger partial charge in [-0.05, 0) is 11.1 Å². The monoisotopic (exact) mass is 299 g/mol. The van der Waals surface area contributed by atoms with E-state index in [1.54, 1.807) is 0 Å². The van der Waals surface area contributed by atoms with E-state index in [2.05, 4.69) is 17.0 Å². The number of hydrogen-bond donors (Lipinski definition) is 0. The molecule has 0 spiro atoms. The minimum absolute atomic E-state index is 0.0346. The Hall–Kier alpha value is -1.71. The van der Waals surface area contributed by atoms with Crippen molar-refractivity contribution in [3.05, 3.63) is 71.8 Å². The minimum atomic E-state index is -0.807. The summed E-state index contributed by atoms with van der Waals surface area (Å²) in [6, 6.07) is 20.3. The van der Waals surface area contributed by atoms with Crippen molar-refractivity contribution >= 4 is 0 Å². The van der Waals surface area contributed by atoms with Crippen LogP contribution in [-0.4, -0.2) is 30.3 Å². The predicted molar refractivity (Wildman–Crippen MR) is 86.3 cm³/mol. The van der Waals surface area contributed by atoms with Gasteiger partial charge in [0.15, 0.2) is 0 Å². The Morgan fingerprint density at radius 3 is 2.23 bits per heavy atom.